The molecule has 0 saturated heterocycles. The SMILES string of the molecule is CCC(Nc1ccc(NC(C)=O)c(C)c1)c1ccco1. The van der Waals surface area contributed by atoms with Gasteiger partial charge in [0.1, 0.15) is 5.76 Å². The molecule has 2 aromatic rings. The number of hydrogen-bond acceptors (Lipinski definition) is 3. The number of benzene rings is 1. The highest BCUT2D eigenvalue weighted by Gasteiger charge is 2.12. The van der Waals surface area contributed by atoms with E-state index in [0.29, 0.717) is 0 Å². The van der Waals surface area contributed by atoms with Crippen LogP contribution < -0.4 is 10.6 Å². The molecule has 1 unspecified atom stereocenters. The molecule has 2 N–H and O–H groups in total. The highest BCUT2D eigenvalue weighted by atomic mass is 16.3. The van der Waals surface area contributed by atoms with E-state index in [2.05, 4.69) is 17.6 Å². The van der Waals surface area contributed by atoms with Crippen LogP contribution in [0.3, 0.4) is 0 Å². The number of amides is 1. The highest BCUT2D eigenvalue weighted by Crippen LogP contribution is 2.26. The standard InChI is InChI=1S/C16H20N2O2/c1-4-14(16-6-5-9-20-16)18-13-7-8-15(11(2)10-13)17-12(3)19/h5-10,14,18H,4H2,1-3H3,(H,17,19). The molecule has 1 amide bonds. The van der Waals surface area contributed by atoms with Crippen LogP contribution in [0.15, 0.2) is 41.0 Å². The summed E-state index contributed by atoms with van der Waals surface area (Å²) in [6.45, 7) is 5.60. The second-order valence-corrected chi connectivity index (χ2v) is 4.83. The van der Waals surface area contributed by atoms with Crippen LogP contribution in [0.1, 0.15) is 37.6 Å². The molecule has 0 aliphatic heterocycles. The van der Waals surface area contributed by atoms with E-state index >= 15 is 0 Å². The van der Waals surface area contributed by atoms with Gasteiger partial charge >= 0.3 is 0 Å². The smallest absolute Gasteiger partial charge is 0.221 e. The fraction of sp³-hybridized carbons (Fsp3) is 0.312. The third-order valence-corrected chi connectivity index (χ3v) is 3.17. The maximum absolute atomic E-state index is 11.1. The Hall–Kier alpha value is -2.23. The molecule has 1 aromatic carbocycles. The number of carbonyl (C=O) groups is 1. The third-order valence-electron chi connectivity index (χ3n) is 3.17. The van der Waals surface area contributed by atoms with Crippen LogP contribution in [0.2, 0.25) is 0 Å². The first-order valence-electron chi connectivity index (χ1n) is 6.78. The van der Waals surface area contributed by atoms with Crippen molar-refractivity contribution in [3.05, 3.63) is 47.9 Å². The lowest BCUT2D eigenvalue weighted by atomic mass is 10.1. The monoisotopic (exact) mass is 272 g/mol. The van der Waals surface area contributed by atoms with E-state index in [0.717, 1.165) is 29.1 Å². The van der Waals surface area contributed by atoms with Crippen molar-refractivity contribution in [1.29, 1.82) is 0 Å². The Labute approximate surface area is 119 Å². The van der Waals surface area contributed by atoms with Crippen LogP contribution in [-0.4, -0.2) is 5.91 Å². The predicted molar refractivity (Wildman–Crippen MR) is 80.8 cm³/mol. The Kier molecular flexibility index (Phi) is 4.45. The molecule has 4 heteroatoms. The second-order valence-electron chi connectivity index (χ2n) is 4.83. The summed E-state index contributed by atoms with van der Waals surface area (Å²) in [7, 11) is 0. The van der Waals surface area contributed by atoms with E-state index in [4.69, 9.17) is 4.42 Å². The molecular weight excluding hydrogens is 252 g/mol. The quantitative estimate of drug-likeness (QED) is 0.861. The van der Waals surface area contributed by atoms with E-state index < -0.39 is 0 Å². The van der Waals surface area contributed by atoms with Crippen molar-refractivity contribution in [1.82, 2.24) is 0 Å². The van der Waals surface area contributed by atoms with E-state index in [9.17, 15) is 4.79 Å². The largest absolute Gasteiger partial charge is 0.467 e. The summed E-state index contributed by atoms with van der Waals surface area (Å²) in [5.74, 6) is 0.868. The molecule has 0 bridgehead atoms. The van der Waals surface area contributed by atoms with E-state index in [1.807, 2.05) is 37.3 Å². The zero-order valence-corrected chi connectivity index (χ0v) is 12.1. The van der Waals surface area contributed by atoms with Gasteiger partial charge in [-0.1, -0.05) is 6.92 Å². The van der Waals surface area contributed by atoms with Crippen molar-refractivity contribution in [3.8, 4) is 0 Å². The zero-order chi connectivity index (χ0) is 14.5. The van der Waals surface area contributed by atoms with Gasteiger partial charge in [-0.25, -0.2) is 0 Å². The van der Waals surface area contributed by atoms with Gasteiger partial charge in [0.05, 0.1) is 12.3 Å². The van der Waals surface area contributed by atoms with Gasteiger partial charge in [0.2, 0.25) is 5.91 Å². The summed E-state index contributed by atoms with van der Waals surface area (Å²) in [5, 5.41) is 6.26. The van der Waals surface area contributed by atoms with Crippen molar-refractivity contribution in [2.24, 2.45) is 0 Å². The first-order chi connectivity index (χ1) is 9.60. The molecule has 106 valence electrons. The lowest BCUT2D eigenvalue weighted by Gasteiger charge is -2.17. The van der Waals surface area contributed by atoms with Crippen molar-refractivity contribution >= 4 is 17.3 Å². The molecule has 0 spiro atoms. The van der Waals surface area contributed by atoms with Gasteiger partial charge < -0.3 is 15.1 Å². The summed E-state index contributed by atoms with van der Waals surface area (Å²) in [5.41, 5.74) is 2.88. The number of rotatable bonds is 5. The van der Waals surface area contributed by atoms with Gasteiger partial charge in [0.25, 0.3) is 0 Å². The van der Waals surface area contributed by atoms with Gasteiger partial charge in [0.15, 0.2) is 0 Å². The van der Waals surface area contributed by atoms with Crippen LogP contribution >= 0.6 is 0 Å². The van der Waals surface area contributed by atoms with Crippen molar-refractivity contribution in [2.45, 2.75) is 33.2 Å². The maximum atomic E-state index is 11.1. The molecule has 20 heavy (non-hydrogen) atoms. The Bertz CT molecular complexity index is 576. The fourth-order valence-electron chi connectivity index (χ4n) is 2.15. The first-order valence-corrected chi connectivity index (χ1v) is 6.78. The third kappa shape index (κ3) is 3.41. The minimum atomic E-state index is -0.0594. The number of nitrogens with one attached hydrogen (secondary N) is 2. The molecule has 0 aliphatic rings. The number of hydrogen-bond donors (Lipinski definition) is 2. The van der Waals surface area contributed by atoms with Crippen LogP contribution in [0.4, 0.5) is 11.4 Å². The van der Waals surface area contributed by atoms with E-state index in [-0.39, 0.29) is 11.9 Å². The topological polar surface area (TPSA) is 54.3 Å². The Balaban J connectivity index is 2.13. The van der Waals surface area contributed by atoms with E-state index in [1.54, 1.807) is 6.26 Å². The number of anilines is 2. The van der Waals surface area contributed by atoms with Gasteiger partial charge in [0, 0.05) is 18.3 Å². The molecule has 1 heterocycles. The van der Waals surface area contributed by atoms with Crippen LogP contribution in [0.25, 0.3) is 0 Å². The highest BCUT2D eigenvalue weighted by molar-refractivity contribution is 5.89. The average molecular weight is 272 g/mol. The summed E-state index contributed by atoms with van der Waals surface area (Å²) >= 11 is 0. The summed E-state index contributed by atoms with van der Waals surface area (Å²) in [6, 6.07) is 9.91. The normalized spacial score (nSPS) is 11.9. The van der Waals surface area contributed by atoms with Crippen molar-refractivity contribution < 1.29 is 9.21 Å². The Morgan fingerprint density at radius 2 is 2.15 bits per heavy atom. The Morgan fingerprint density at radius 3 is 2.70 bits per heavy atom. The van der Waals surface area contributed by atoms with Gasteiger partial charge in [-0.15, -0.1) is 0 Å². The fourth-order valence-corrected chi connectivity index (χ4v) is 2.15. The minimum Gasteiger partial charge on any atom is -0.467 e. The van der Waals surface area contributed by atoms with Crippen molar-refractivity contribution in [2.75, 3.05) is 10.6 Å². The second kappa shape index (κ2) is 6.28. The molecule has 2 rings (SSSR count). The molecule has 4 nitrogen and oxygen atoms in total. The van der Waals surface area contributed by atoms with Gasteiger partial charge in [-0.2, -0.15) is 0 Å². The lowest BCUT2D eigenvalue weighted by Crippen LogP contribution is -2.10. The molecule has 0 radical (unpaired) electrons. The van der Waals surface area contributed by atoms with Crippen molar-refractivity contribution in [3.63, 3.8) is 0 Å². The number of aryl methyl sites for hydroxylation is 1. The summed E-state index contributed by atoms with van der Waals surface area (Å²) < 4.78 is 5.45. The van der Waals surface area contributed by atoms with Crippen LogP contribution in [-0.2, 0) is 4.79 Å². The lowest BCUT2D eigenvalue weighted by molar-refractivity contribution is -0.114. The minimum absolute atomic E-state index is 0.0594. The van der Waals surface area contributed by atoms with Gasteiger partial charge in [-0.3, -0.25) is 4.79 Å². The Morgan fingerprint density at radius 1 is 1.35 bits per heavy atom. The molecular formula is C16H20N2O2. The maximum Gasteiger partial charge on any atom is 0.221 e. The van der Waals surface area contributed by atoms with Crippen LogP contribution in [0.5, 0.6) is 0 Å². The summed E-state index contributed by atoms with van der Waals surface area (Å²) in [4.78, 5) is 11.1. The number of carbonyl (C=O) groups excluding carboxylic acids is 1. The van der Waals surface area contributed by atoms with Gasteiger partial charge in [-0.05, 0) is 49.2 Å². The molecule has 0 fully saturated rings. The predicted octanol–water partition coefficient (Wildman–Crippen LogP) is 4.11. The molecule has 0 aliphatic carbocycles. The van der Waals surface area contributed by atoms with E-state index in [1.165, 1.54) is 6.92 Å². The first kappa shape index (κ1) is 14.2. The average Bonchev–Trinajstić information content (AvgIpc) is 2.92. The molecule has 1 aromatic heterocycles. The number of furan rings is 1. The zero-order valence-electron chi connectivity index (χ0n) is 12.1. The molecule has 0 saturated carbocycles. The molecule has 1 atom stereocenters. The van der Waals surface area contributed by atoms with Crippen LogP contribution in [0, 0.1) is 6.92 Å². The summed E-state index contributed by atoms with van der Waals surface area (Å²) in [6.07, 6.45) is 2.62.